The van der Waals surface area contributed by atoms with E-state index in [1.54, 1.807) is 66.7 Å². The minimum absolute atomic E-state index is 0.0545. The third-order valence-electron chi connectivity index (χ3n) is 7.32. The van der Waals surface area contributed by atoms with Gasteiger partial charge in [0.05, 0.1) is 17.7 Å². The maximum atomic E-state index is 14.1. The van der Waals surface area contributed by atoms with Crippen molar-refractivity contribution in [1.82, 2.24) is 10.2 Å². The van der Waals surface area contributed by atoms with Gasteiger partial charge in [0.1, 0.15) is 18.3 Å². The maximum absolute atomic E-state index is 14.1. The van der Waals surface area contributed by atoms with E-state index in [0.29, 0.717) is 22.9 Å². The summed E-state index contributed by atoms with van der Waals surface area (Å²) in [5, 5.41) is 3.67. The first-order valence-corrected chi connectivity index (χ1v) is 15.6. The molecule has 0 spiro atoms. The van der Waals surface area contributed by atoms with Gasteiger partial charge in [0.25, 0.3) is 10.0 Å². The van der Waals surface area contributed by atoms with Crippen molar-refractivity contribution < 1.29 is 22.7 Å². The van der Waals surface area contributed by atoms with E-state index in [2.05, 4.69) is 5.32 Å². The van der Waals surface area contributed by atoms with Crippen LogP contribution in [0.4, 0.5) is 5.69 Å². The smallest absolute Gasteiger partial charge is 0.264 e. The standard InChI is InChI=1S/C31H36ClN3O5S/c1-3-29(31(37)33-25-9-7-8-10-25)34(21-23-13-15-24(32)16-14-23)30(36)22-35(26-17-19-27(40-2)20-18-26)41(38,39)28-11-5-4-6-12-28/h4-6,11-20,25,29H,3,7-10,21-22H2,1-2H3,(H,33,37)/t29-/m1/s1. The highest BCUT2D eigenvalue weighted by atomic mass is 35.5. The Morgan fingerprint density at radius 3 is 2.20 bits per heavy atom. The molecule has 0 unspecified atom stereocenters. The molecule has 3 aromatic rings. The van der Waals surface area contributed by atoms with Gasteiger partial charge in [-0.25, -0.2) is 8.42 Å². The Bertz CT molecular complexity index is 1410. The predicted octanol–water partition coefficient (Wildman–Crippen LogP) is 5.41. The van der Waals surface area contributed by atoms with Gasteiger partial charge >= 0.3 is 0 Å². The van der Waals surface area contributed by atoms with E-state index in [9.17, 15) is 18.0 Å². The fourth-order valence-electron chi connectivity index (χ4n) is 5.07. The largest absolute Gasteiger partial charge is 0.497 e. The predicted molar refractivity (Wildman–Crippen MR) is 160 cm³/mol. The number of halogens is 1. The van der Waals surface area contributed by atoms with Gasteiger partial charge in [-0.3, -0.25) is 13.9 Å². The molecule has 0 heterocycles. The number of nitrogens with zero attached hydrogens (tertiary/aromatic N) is 2. The van der Waals surface area contributed by atoms with Gasteiger partial charge in [-0.05, 0) is 73.4 Å². The number of sulfonamides is 1. The second kappa shape index (κ2) is 13.9. The van der Waals surface area contributed by atoms with Crippen LogP contribution in [0.5, 0.6) is 5.75 Å². The lowest BCUT2D eigenvalue weighted by molar-refractivity contribution is -0.140. The van der Waals surface area contributed by atoms with Crippen molar-refractivity contribution in [2.75, 3.05) is 18.0 Å². The average Bonchev–Trinajstić information content (AvgIpc) is 3.50. The van der Waals surface area contributed by atoms with E-state index >= 15 is 0 Å². The van der Waals surface area contributed by atoms with Crippen LogP contribution in [0.15, 0.2) is 83.8 Å². The number of methoxy groups -OCH3 is 1. The summed E-state index contributed by atoms with van der Waals surface area (Å²) in [6.07, 6.45) is 4.31. The van der Waals surface area contributed by atoms with Crippen LogP contribution in [0.3, 0.4) is 0 Å². The molecule has 10 heteroatoms. The number of hydrogen-bond donors (Lipinski definition) is 1. The molecule has 2 amide bonds. The second-order valence-electron chi connectivity index (χ2n) is 10.1. The Morgan fingerprint density at radius 2 is 1.61 bits per heavy atom. The molecule has 41 heavy (non-hydrogen) atoms. The fraction of sp³-hybridized carbons (Fsp3) is 0.355. The van der Waals surface area contributed by atoms with Gasteiger partial charge in [0, 0.05) is 17.6 Å². The third kappa shape index (κ3) is 7.59. The Kier molecular flexibility index (Phi) is 10.3. The Labute approximate surface area is 247 Å². The molecule has 3 aromatic carbocycles. The zero-order chi connectivity index (χ0) is 29.4. The van der Waals surface area contributed by atoms with Crippen LogP contribution in [0.1, 0.15) is 44.6 Å². The number of nitrogens with one attached hydrogen (secondary N) is 1. The number of carbonyl (C=O) groups excluding carboxylic acids is 2. The molecule has 0 aliphatic heterocycles. The molecule has 1 saturated carbocycles. The lowest BCUT2D eigenvalue weighted by atomic mass is 10.1. The quantitative estimate of drug-likeness (QED) is 0.301. The number of benzene rings is 3. The summed E-state index contributed by atoms with van der Waals surface area (Å²) >= 11 is 6.09. The van der Waals surface area contributed by atoms with Gasteiger partial charge in [-0.1, -0.05) is 61.7 Å². The van der Waals surface area contributed by atoms with E-state index < -0.39 is 28.5 Å². The number of anilines is 1. The highest BCUT2D eigenvalue weighted by molar-refractivity contribution is 7.92. The van der Waals surface area contributed by atoms with Gasteiger partial charge in [0.15, 0.2) is 0 Å². The molecule has 1 aliphatic rings. The monoisotopic (exact) mass is 597 g/mol. The third-order valence-corrected chi connectivity index (χ3v) is 9.36. The molecule has 1 aliphatic carbocycles. The molecular formula is C31H36ClN3O5S. The first kappa shape index (κ1) is 30.4. The highest BCUT2D eigenvalue weighted by Crippen LogP contribution is 2.27. The van der Waals surface area contributed by atoms with Gasteiger partial charge in [-0.2, -0.15) is 0 Å². The summed E-state index contributed by atoms with van der Waals surface area (Å²) in [5.41, 5.74) is 1.08. The molecule has 8 nitrogen and oxygen atoms in total. The second-order valence-corrected chi connectivity index (χ2v) is 12.4. The van der Waals surface area contributed by atoms with Crippen molar-refractivity contribution in [3.05, 3.63) is 89.4 Å². The van der Waals surface area contributed by atoms with Crippen LogP contribution in [-0.2, 0) is 26.2 Å². The molecule has 0 radical (unpaired) electrons. The topological polar surface area (TPSA) is 96.0 Å². The number of ether oxygens (including phenoxy) is 1. The van der Waals surface area contributed by atoms with E-state index in [1.165, 1.54) is 24.1 Å². The number of hydrogen-bond acceptors (Lipinski definition) is 5. The van der Waals surface area contributed by atoms with Gasteiger partial charge in [0.2, 0.25) is 11.8 Å². The minimum atomic E-state index is -4.13. The Balaban J connectivity index is 1.70. The van der Waals surface area contributed by atoms with E-state index in [1.807, 2.05) is 6.92 Å². The van der Waals surface area contributed by atoms with Crippen LogP contribution in [-0.4, -0.2) is 50.9 Å². The zero-order valence-corrected chi connectivity index (χ0v) is 24.9. The van der Waals surface area contributed by atoms with Crippen molar-refractivity contribution in [2.24, 2.45) is 0 Å². The van der Waals surface area contributed by atoms with Crippen LogP contribution in [0.25, 0.3) is 0 Å². The summed E-state index contributed by atoms with van der Waals surface area (Å²) in [6.45, 7) is 1.47. The zero-order valence-electron chi connectivity index (χ0n) is 23.3. The van der Waals surface area contributed by atoms with Gasteiger partial charge in [-0.15, -0.1) is 0 Å². The van der Waals surface area contributed by atoms with Crippen molar-refractivity contribution in [2.45, 2.75) is 62.6 Å². The highest BCUT2D eigenvalue weighted by Gasteiger charge is 2.34. The summed E-state index contributed by atoms with van der Waals surface area (Å²) < 4.78 is 34.1. The molecule has 0 aromatic heterocycles. The summed E-state index contributed by atoms with van der Waals surface area (Å²) in [5.74, 6) is -0.177. The maximum Gasteiger partial charge on any atom is 0.264 e. The van der Waals surface area contributed by atoms with E-state index in [4.69, 9.17) is 16.3 Å². The molecule has 1 fully saturated rings. The molecule has 0 bridgehead atoms. The summed E-state index contributed by atoms with van der Waals surface area (Å²) in [6, 6.07) is 20.8. The first-order chi connectivity index (χ1) is 19.7. The van der Waals surface area contributed by atoms with E-state index in [0.717, 1.165) is 35.6 Å². The molecular weight excluding hydrogens is 562 g/mol. The van der Waals surface area contributed by atoms with E-state index in [-0.39, 0.29) is 23.4 Å². The molecule has 4 rings (SSSR count). The van der Waals surface area contributed by atoms with Crippen LogP contribution in [0.2, 0.25) is 5.02 Å². The first-order valence-electron chi connectivity index (χ1n) is 13.8. The Morgan fingerprint density at radius 1 is 0.976 bits per heavy atom. The molecule has 0 saturated heterocycles. The van der Waals surface area contributed by atoms with Crippen molar-refractivity contribution in [3.63, 3.8) is 0 Å². The van der Waals surface area contributed by atoms with Crippen molar-refractivity contribution in [3.8, 4) is 5.75 Å². The lowest BCUT2D eigenvalue weighted by Gasteiger charge is -2.33. The minimum Gasteiger partial charge on any atom is -0.497 e. The van der Waals surface area contributed by atoms with Crippen molar-refractivity contribution in [1.29, 1.82) is 0 Å². The fourth-order valence-corrected chi connectivity index (χ4v) is 6.63. The number of carbonyl (C=O) groups is 2. The van der Waals surface area contributed by atoms with Gasteiger partial charge < -0.3 is 15.0 Å². The van der Waals surface area contributed by atoms with Crippen LogP contribution in [0, 0.1) is 0 Å². The number of rotatable bonds is 12. The van der Waals surface area contributed by atoms with Crippen molar-refractivity contribution >= 4 is 39.1 Å². The molecule has 1 N–H and O–H groups in total. The van der Waals surface area contributed by atoms with Crippen LogP contribution < -0.4 is 14.4 Å². The average molecular weight is 598 g/mol. The number of amides is 2. The molecule has 1 atom stereocenters. The normalized spacial score (nSPS) is 14.3. The summed E-state index contributed by atoms with van der Waals surface area (Å²) in [7, 11) is -2.60. The lowest BCUT2D eigenvalue weighted by Crippen LogP contribution is -2.53. The SMILES string of the molecule is CC[C@H](C(=O)NC1CCCC1)N(Cc1ccc(Cl)cc1)C(=O)CN(c1ccc(OC)cc1)S(=O)(=O)c1ccccc1. The Hall–Kier alpha value is -3.56. The molecule has 218 valence electrons. The van der Waals surface area contributed by atoms with Crippen LogP contribution >= 0.6 is 11.6 Å². The summed E-state index contributed by atoms with van der Waals surface area (Å²) in [4.78, 5) is 29.2.